The number of ether oxygens (including phenoxy) is 3. The number of nitrogens with one attached hydrogen (secondary N) is 2. The summed E-state index contributed by atoms with van der Waals surface area (Å²) in [6.45, 7) is 7.03. The molecule has 0 bridgehead atoms. The van der Waals surface area contributed by atoms with E-state index in [4.69, 9.17) is 14.2 Å². The van der Waals surface area contributed by atoms with Crippen LogP contribution in [0.5, 0.6) is 11.5 Å². The quantitative estimate of drug-likeness (QED) is 0.221. The summed E-state index contributed by atoms with van der Waals surface area (Å²) in [6, 6.07) is 15.8. The number of rotatable bonds is 10. The molecule has 0 aromatic heterocycles. The molecule has 0 radical (unpaired) electrons. The number of aliphatic imine (C=N–C) groups is 1. The van der Waals surface area contributed by atoms with Gasteiger partial charge in [-0.2, -0.15) is 0 Å². The third-order valence-corrected chi connectivity index (χ3v) is 3.69. The maximum absolute atomic E-state index is 5.68. The number of guanidine groups is 1. The zero-order chi connectivity index (χ0) is 19.3. The molecule has 2 N–H and O–H groups in total. The summed E-state index contributed by atoms with van der Waals surface area (Å²) in [5.74, 6) is 2.11. The van der Waals surface area contributed by atoms with Crippen LogP contribution in [0.3, 0.4) is 0 Å². The Kier molecular flexibility index (Phi) is 12.1. The van der Waals surface area contributed by atoms with Crippen LogP contribution in [0.15, 0.2) is 53.5 Å². The van der Waals surface area contributed by atoms with E-state index in [0.29, 0.717) is 43.8 Å². The van der Waals surface area contributed by atoms with Gasteiger partial charge in [-0.15, -0.1) is 24.0 Å². The molecule has 6 nitrogen and oxygen atoms in total. The summed E-state index contributed by atoms with van der Waals surface area (Å²) in [4.78, 5) is 4.56. The van der Waals surface area contributed by atoms with E-state index in [9.17, 15) is 0 Å². The third-order valence-electron chi connectivity index (χ3n) is 3.69. The number of anilines is 1. The first-order valence-electron chi connectivity index (χ1n) is 9.24. The molecule has 7 heteroatoms. The van der Waals surface area contributed by atoms with Crippen molar-refractivity contribution in [3.8, 4) is 11.5 Å². The van der Waals surface area contributed by atoms with E-state index in [-0.39, 0.29) is 24.0 Å². The molecule has 0 heterocycles. The molecule has 0 aliphatic rings. The van der Waals surface area contributed by atoms with E-state index in [1.165, 1.54) is 0 Å². The normalized spacial score (nSPS) is 10.8. The van der Waals surface area contributed by atoms with Gasteiger partial charge in [0.25, 0.3) is 0 Å². The molecule has 28 heavy (non-hydrogen) atoms. The van der Waals surface area contributed by atoms with Crippen LogP contribution < -0.4 is 20.1 Å². The Morgan fingerprint density at radius 3 is 2.50 bits per heavy atom. The van der Waals surface area contributed by atoms with E-state index in [2.05, 4.69) is 27.8 Å². The summed E-state index contributed by atoms with van der Waals surface area (Å²) >= 11 is 0. The summed E-state index contributed by atoms with van der Waals surface area (Å²) < 4.78 is 16.6. The van der Waals surface area contributed by atoms with Crippen LogP contribution in [0, 0.1) is 0 Å². The Labute approximate surface area is 184 Å². The minimum Gasteiger partial charge on any atom is -0.493 e. The molecular formula is C21H30IN3O3. The molecular weight excluding hydrogens is 469 g/mol. The Balaban J connectivity index is 0.00000392. The van der Waals surface area contributed by atoms with Crippen LogP contribution in [0.1, 0.15) is 19.4 Å². The maximum Gasteiger partial charge on any atom is 0.195 e. The molecule has 0 saturated carbocycles. The third kappa shape index (κ3) is 8.35. The second kappa shape index (κ2) is 14.1. The smallest absolute Gasteiger partial charge is 0.195 e. The Hall–Kier alpha value is -2.00. The van der Waals surface area contributed by atoms with Gasteiger partial charge in [-0.25, -0.2) is 0 Å². The second-order valence-corrected chi connectivity index (χ2v) is 5.72. The molecule has 154 valence electrons. The highest BCUT2D eigenvalue weighted by Crippen LogP contribution is 2.30. The topological polar surface area (TPSA) is 64.1 Å². The fourth-order valence-electron chi connectivity index (χ4n) is 2.45. The number of methoxy groups -OCH3 is 1. The SMILES string of the molecule is CCNC(=NCCOCc1ccccc1)Nc1ccc(OC)c(OCC)c1.I. The van der Waals surface area contributed by atoms with Crippen molar-refractivity contribution in [1.82, 2.24) is 5.32 Å². The molecule has 0 aliphatic carbocycles. The standard InChI is InChI=1S/C21H29N3O3.HI/c1-4-22-21(23-13-14-26-16-17-9-7-6-8-10-17)24-18-11-12-19(25-3)20(15-18)27-5-2;/h6-12,15H,4-5,13-14,16H2,1-3H3,(H2,22,23,24);1H. The molecule has 0 unspecified atom stereocenters. The highest BCUT2D eigenvalue weighted by Gasteiger charge is 2.07. The van der Waals surface area contributed by atoms with E-state index in [1.54, 1.807) is 7.11 Å². The van der Waals surface area contributed by atoms with Crippen molar-refractivity contribution in [3.05, 3.63) is 54.1 Å². The first kappa shape index (κ1) is 24.0. The molecule has 0 fully saturated rings. The lowest BCUT2D eigenvalue weighted by atomic mass is 10.2. The summed E-state index contributed by atoms with van der Waals surface area (Å²) in [5.41, 5.74) is 2.04. The second-order valence-electron chi connectivity index (χ2n) is 5.72. The van der Waals surface area contributed by atoms with Crippen LogP contribution in [0.25, 0.3) is 0 Å². The monoisotopic (exact) mass is 499 g/mol. The van der Waals surface area contributed by atoms with Crippen molar-refractivity contribution in [3.63, 3.8) is 0 Å². The summed E-state index contributed by atoms with van der Waals surface area (Å²) in [7, 11) is 1.63. The van der Waals surface area contributed by atoms with Gasteiger partial charge in [0.05, 0.1) is 33.5 Å². The van der Waals surface area contributed by atoms with Crippen LogP contribution >= 0.6 is 24.0 Å². The predicted molar refractivity (Wildman–Crippen MR) is 125 cm³/mol. The highest BCUT2D eigenvalue weighted by molar-refractivity contribution is 14.0. The fourth-order valence-corrected chi connectivity index (χ4v) is 2.45. The van der Waals surface area contributed by atoms with Gasteiger partial charge in [0.2, 0.25) is 0 Å². The van der Waals surface area contributed by atoms with Crippen molar-refractivity contribution in [2.45, 2.75) is 20.5 Å². The lowest BCUT2D eigenvalue weighted by molar-refractivity contribution is 0.128. The van der Waals surface area contributed by atoms with Crippen molar-refractivity contribution in [2.24, 2.45) is 4.99 Å². The predicted octanol–water partition coefficient (Wildman–Crippen LogP) is 4.31. The summed E-state index contributed by atoms with van der Waals surface area (Å²) in [6.07, 6.45) is 0. The lowest BCUT2D eigenvalue weighted by Gasteiger charge is -2.14. The highest BCUT2D eigenvalue weighted by atomic mass is 127. The number of hydrogen-bond acceptors (Lipinski definition) is 4. The molecule has 0 saturated heterocycles. The molecule has 0 atom stereocenters. The van der Waals surface area contributed by atoms with Gasteiger partial charge in [-0.05, 0) is 31.5 Å². The van der Waals surface area contributed by atoms with Crippen LogP contribution in [0.2, 0.25) is 0 Å². The van der Waals surface area contributed by atoms with Gasteiger partial charge in [-0.3, -0.25) is 4.99 Å². The average molecular weight is 499 g/mol. The van der Waals surface area contributed by atoms with Crippen LogP contribution in [0.4, 0.5) is 5.69 Å². The van der Waals surface area contributed by atoms with E-state index < -0.39 is 0 Å². The van der Waals surface area contributed by atoms with Gasteiger partial charge < -0.3 is 24.8 Å². The molecule has 2 aromatic rings. The average Bonchev–Trinajstić information content (AvgIpc) is 2.69. The Morgan fingerprint density at radius 2 is 1.82 bits per heavy atom. The first-order chi connectivity index (χ1) is 13.3. The van der Waals surface area contributed by atoms with Crippen molar-refractivity contribution < 1.29 is 14.2 Å². The van der Waals surface area contributed by atoms with Crippen molar-refractivity contribution >= 4 is 35.6 Å². The first-order valence-corrected chi connectivity index (χ1v) is 9.24. The fraction of sp³-hybridized carbons (Fsp3) is 0.381. The maximum atomic E-state index is 5.68. The minimum absolute atomic E-state index is 0. The minimum atomic E-state index is 0. The molecule has 0 amide bonds. The van der Waals surface area contributed by atoms with Crippen molar-refractivity contribution in [1.29, 1.82) is 0 Å². The number of benzene rings is 2. The van der Waals surface area contributed by atoms with Crippen LogP contribution in [-0.4, -0.2) is 39.4 Å². The number of halogens is 1. The van der Waals surface area contributed by atoms with Gasteiger partial charge in [0.15, 0.2) is 17.5 Å². The Bertz CT molecular complexity index is 711. The van der Waals surface area contributed by atoms with Gasteiger partial charge in [0, 0.05) is 18.3 Å². The molecule has 0 spiro atoms. The van der Waals surface area contributed by atoms with Gasteiger partial charge in [0.1, 0.15) is 0 Å². The van der Waals surface area contributed by atoms with E-state index in [1.807, 2.05) is 50.2 Å². The zero-order valence-corrected chi connectivity index (χ0v) is 19.1. The molecule has 2 rings (SSSR count). The largest absolute Gasteiger partial charge is 0.493 e. The summed E-state index contributed by atoms with van der Waals surface area (Å²) in [5, 5.41) is 6.52. The lowest BCUT2D eigenvalue weighted by Crippen LogP contribution is -2.31. The van der Waals surface area contributed by atoms with Gasteiger partial charge >= 0.3 is 0 Å². The molecule has 0 aliphatic heterocycles. The number of nitrogens with zero attached hydrogens (tertiary/aromatic N) is 1. The number of hydrogen-bond donors (Lipinski definition) is 2. The Morgan fingerprint density at radius 1 is 1.04 bits per heavy atom. The van der Waals surface area contributed by atoms with Crippen molar-refractivity contribution in [2.75, 3.05) is 38.7 Å². The molecule has 2 aromatic carbocycles. The van der Waals surface area contributed by atoms with E-state index >= 15 is 0 Å². The van der Waals surface area contributed by atoms with Crippen LogP contribution in [-0.2, 0) is 11.3 Å². The van der Waals surface area contributed by atoms with Gasteiger partial charge in [-0.1, -0.05) is 30.3 Å². The zero-order valence-electron chi connectivity index (χ0n) is 16.7. The van der Waals surface area contributed by atoms with E-state index in [0.717, 1.165) is 17.8 Å².